The summed E-state index contributed by atoms with van der Waals surface area (Å²) in [4.78, 5) is 16.4. The van der Waals surface area contributed by atoms with Crippen molar-refractivity contribution in [2.24, 2.45) is 0 Å². The van der Waals surface area contributed by atoms with Crippen molar-refractivity contribution < 1.29 is 19.0 Å². The van der Waals surface area contributed by atoms with Crippen LogP contribution in [0.1, 0.15) is 16.8 Å². The van der Waals surface area contributed by atoms with E-state index in [-0.39, 0.29) is 11.5 Å². The number of hydrogen-bond donors (Lipinski definition) is 1. The van der Waals surface area contributed by atoms with Crippen LogP contribution in [0.25, 0.3) is 22.9 Å². The molecule has 0 bridgehead atoms. The third-order valence-electron chi connectivity index (χ3n) is 3.72. The molecule has 6 nitrogen and oxygen atoms in total. The summed E-state index contributed by atoms with van der Waals surface area (Å²) in [5.74, 6) is 0.874. The topological polar surface area (TPSA) is 81.8 Å². The van der Waals surface area contributed by atoms with Crippen LogP contribution in [0.15, 0.2) is 45.6 Å². The quantitative estimate of drug-likeness (QED) is 0.732. The van der Waals surface area contributed by atoms with E-state index in [0.29, 0.717) is 28.2 Å². The van der Waals surface area contributed by atoms with Gasteiger partial charge < -0.3 is 19.0 Å². The van der Waals surface area contributed by atoms with E-state index in [9.17, 15) is 9.90 Å². The first-order valence-corrected chi connectivity index (χ1v) is 7.56. The van der Waals surface area contributed by atoms with Crippen LogP contribution in [0.3, 0.4) is 0 Å². The standard InChI is InChI=1S/C19H17NO5/c1-11-4-6-13-17(8-11)25-19(22)14(20-13)10-15(21)12-5-7-16(23-2)18(9-12)24-3/h4-10,21H,1-3H3/b15-10+. The highest BCUT2D eigenvalue weighted by Gasteiger charge is 2.10. The maximum Gasteiger partial charge on any atom is 0.362 e. The summed E-state index contributed by atoms with van der Waals surface area (Å²) in [6.45, 7) is 1.90. The molecule has 0 aliphatic carbocycles. The Morgan fingerprint density at radius 2 is 1.88 bits per heavy atom. The first-order valence-electron chi connectivity index (χ1n) is 7.56. The zero-order chi connectivity index (χ0) is 18.0. The van der Waals surface area contributed by atoms with E-state index >= 15 is 0 Å². The Morgan fingerprint density at radius 3 is 2.60 bits per heavy atom. The summed E-state index contributed by atoms with van der Waals surface area (Å²) in [5.41, 5.74) is 1.77. The second kappa shape index (κ2) is 6.68. The number of aliphatic hydroxyl groups excluding tert-OH is 1. The van der Waals surface area contributed by atoms with Gasteiger partial charge in [0.2, 0.25) is 0 Å². The van der Waals surface area contributed by atoms with Gasteiger partial charge >= 0.3 is 5.63 Å². The van der Waals surface area contributed by atoms with Crippen molar-refractivity contribution in [1.82, 2.24) is 4.98 Å². The number of nitrogens with zero attached hydrogens (tertiary/aromatic N) is 1. The van der Waals surface area contributed by atoms with Gasteiger partial charge in [-0.25, -0.2) is 9.78 Å². The van der Waals surface area contributed by atoms with Crippen LogP contribution < -0.4 is 15.1 Å². The van der Waals surface area contributed by atoms with Crippen LogP contribution in [0.5, 0.6) is 11.5 Å². The molecule has 0 aliphatic heterocycles. The number of aliphatic hydroxyl groups is 1. The number of methoxy groups -OCH3 is 2. The van der Waals surface area contributed by atoms with Crippen molar-refractivity contribution >= 4 is 22.9 Å². The number of aromatic nitrogens is 1. The second-order valence-corrected chi connectivity index (χ2v) is 5.46. The van der Waals surface area contributed by atoms with Crippen molar-refractivity contribution in [2.75, 3.05) is 14.2 Å². The van der Waals surface area contributed by atoms with Crippen LogP contribution in [0, 0.1) is 6.92 Å². The van der Waals surface area contributed by atoms with Crippen LogP contribution in [0.2, 0.25) is 0 Å². The zero-order valence-electron chi connectivity index (χ0n) is 14.1. The molecule has 0 unspecified atom stereocenters. The third kappa shape index (κ3) is 3.33. The summed E-state index contributed by atoms with van der Waals surface area (Å²) in [5, 5.41) is 10.3. The summed E-state index contributed by atoms with van der Waals surface area (Å²) >= 11 is 0. The molecule has 3 aromatic rings. The summed E-state index contributed by atoms with van der Waals surface area (Å²) in [6.07, 6.45) is 1.27. The Balaban J connectivity index is 2.05. The van der Waals surface area contributed by atoms with Gasteiger partial charge in [-0.15, -0.1) is 0 Å². The fraction of sp³-hybridized carbons (Fsp3) is 0.158. The van der Waals surface area contributed by atoms with Crippen molar-refractivity contribution in [1.29, 1.82) is 0 Å². The van der Waals surface area contributed by atoms with E-state index in [4.69, 9.17) is 13.9 Å². The van der Waals surface area contributed by atoms with E-state index in [1.807, 2.05) is 13.0 Å². The Bertz CT molecular complexity index is 1020. The normalized spacial score (nSPS) is 11.6. The predicted molar refractivity (Wildman–Crippen MR) is 95.1 cm³/mol. The predicted octanol–water partition coefficient (Wildman–Crippen LogP) is 3.57. The van der Waals surface area contributed by atoms with Crippen molar-refractivity contribution in [3.8, 4) is 11.5 Å². The molecule has 0 amide bonds. The van der Waals surface area contributed by atoms with E-state index in [1.54, 1.807) is 30.3 Å². The molecule has 6 heteroatoms. The fourth-order valence-corrected chi connectivity index (χ4v) is 2.42. The van der Waals surface area contributed by atoms with Gasteiger partial charge in [-0.1, -0.05) is 6.07 Å². The number of aryl methyl sites for hydroxylation is 1. The van der Waals surface area contributed by atoms with Gasteiger partial charge in [0.1, 0.15) is 11.3 Å². The number of hydrogen-bond acceptors (Lipinski definition) is 6. The number of fused-ring (bicyclic) bond motifs is 1. The Morgan fingerprint density at radius 1 is 1.12 bits per heavy atom. The lowest BCUT2D eigenvalue weighted by Gasteiger charge is -2.09. The molecule has 0 atom stereocenters. The number of benzene rings is 2. The van der Waals surface area contributed by atoms with Gasteiger partial charge in [0.05, 0.1) is 14.2 Å². The third-order valence-corrected chi connectivity index (χ3v) is 3.72. The highest BCUT2D eigenvalue weighted by Crippen LogP contribution is 2.30. The maximum absolute atomic E-state index is 12.1. The molecule has 0 fully saturated rings. The molecule has 0 saturated carbocycles. The molecule has 1 heterocycles. The van der Waals surface area contributed by atoms with Crippen LogP contribution in [-0.4, -0.2) is 24.3 Å². The van der Waals surface area contributed by atoms with Crippen molar-refractivity contribution in [3.05, 3.63) is 63.6 Å². The minimum atomic E-state index is -0.620. The molecular weight excluding hydrogens is 322 g/mol. The van der Waals surface area contributed by atoms with Crippen molar-refractivity contribution in [2.45, 2.75) is 6.92 Å². The van der Waals surface area contributed by atoms with Crippen LogP contribution in [0.4, 0.5) is 0 Å². The smallest absolute Gasteiger partial charge is 0.362 e. The molecule has 1 N–H and O–H groups in total. The van der Waals surface area contributed by atoms with Gasteiger partial charge in [-0.3, -0.25) is 0 Å². The van der Waals surface area contributed by atoms with Gasteiger partial charge in [0.25, 0.3) is 0 Å². The lowest BCUT2D eigenvalue weighted by Crippen LogP contribution is -2.06. The van der Waals surface area contributed by atoms with Gasteiger partial charge in [-0.2, -0.15) is 0 Å². The molecule has 0 spiro atoms. The van der Waals surface area contributed by atoms with Crippen LogP contribution >= 0.6 is 0 Å². The van der Waals surface area contributed by atoms with E-state index in [1.165, 1.54) is 20.3 Å². The van der Waals surface area contributed by atoms with Crippen LogP contribution in [-0.2, 0) is 0 Å². The average molecular weight is 339 g/mol. The largest absolute Gasteiger partial charge is 0.507 e. The summed E-state index contributed by atoms with van der Waals surface area (Å²) < 4.78 is 15.6. The maximum atomic E-state index is 12.1. The summed E-state index contributed by atoms with van der Waals surface area (Å²) in [7, 11) is 3.03. The molecule has 0 radical (unpaired) electrons. The van der Waals surface area contributed by atoms with E-state index in [0.717, 1.165) is 5.56 Å². The monoisotopic (exact) mass is 339 g/mol. The Kier molecular flexibility index (Phi) is 4.43. The Hall–Kier alpha value is -3.28. The SMILES string of the molecule is COc1ccc(/C(O)=C\c2nc3ccc(C)cc3oc2=O)cc1OC. The van der Waals surface area contributed by atoms with Gasteiger partial charge in [0, 0.05) is 11.6 Å². The zero-order valence-corrected chi connectivity index (χ0v) is 14.1. The van der Waals surface area contributed by atoms with E-state index < -0.39 is 5.63 Å². The minimum Gasteiger partial charge on any atom is -0.507 e. The Labute approximate surface area is 144 Å². The second-order valence-electron chi connectivity index (χ2n) is 5.46. The first kappa shape index (κ1) is 16.6. The molecule has 3 rings (SSSR count). The first-order chi connectivity index (χ1) is 12.0. The number of ether oxygens (including phenoxy) is 2. The number of rotatable bonds is 4. The highest BCUT2D eigenvalue weighted by molar-refractivity contribution is 5.79. The molecule has 1 aromatic heterocycles. The lowest BCUT2D eigenvalue weighted by molar-refractivity contribution is 0.354. The van der Waals surface area contributed by atoms with Gasteiger partial charge in [0.15, 0.2) is 22.8 Å². The molecule has 0 saturated heterocycles. The molecular formula is C19H17NO5. The fourth-order valence-electron chi connectivity index (χ4n) is 2.42. The molecule has 0 aliphatic rings. The summed E-state index contributed by atoms with van der Waals surface area (Å²) in [6, 6.07) is 10.3. The van der Waals surface area contributed by atoms with E-state index in [2.05, 4.69) is 4.98 Å². The van der Waals surface area contributed by atoms with Crippen molar-refractivity contribution in [3.63, 3.8) is 0 Å². The highest BCUT2D eigenvalue weighted by atomic mass is 16.5. The molecule has 128 valence electrons. The minimum absolute atomic E-state index is 0.0173. The average Bonchev–Trinajstić information content (AvgIpc) is 2.61. The molecule has 2 aromatic carbocycles. The lowest BCUT2D eigenvalue weighted by atomic mass is 10.1. The van der Waals surface area contributed by atoms with Gasteiger partial charge in [-0.05, 0) is 42.8 Å². The molecule has 25 heavy (non-hydrogen) atoms.